The molecule has 0 spiro atoms. The minimum atomic E-state index is -1.02. The first-order valence-corrected chi connectivity index (χ1v) is 12.3. The van der Waals surface area contributed by atoms with Gasteiger partial charge in [-0.1, -0.05) is 30.3 Å². The largest absolute Gasteiger partial charge is 0.394 e. The molecule has 5 rings (SSSR count). The maximum absolute atomic E-state index is 13.7. The summed E-state index contributed by atoms with van der Waals surface area (Å²) in [5.74, 6) is -2.45. The molecule has 200 valence electrons. The van der Waals surface area contributed by atoms with Crippen LogP contribution in [0.4, 0.5) is 14.6 Å². The van der Waals surface area contributed by atoms with Gasteiger partial charge in [-0.05, 0) is 47.9 Å². The van der Waals surface area contributed by atoms with E-state index < -0.39 is 29.6 Å². The number of hydrogen-bond donors (Lipinski definition) is 4. The number of H-pyrrole nitrogens is 1. The number of nitrogens with one attached hydrogen (secondary N) is 3. The van der Waals surface area contributed by atoms with Crippen LogP contribution in [0.2, 0.25) is 0 Å². The van der Waals surface area contributed by atoms with Gasteiger partial charge in [0.25, 0.3) is 5.91 Å². The van der Waals surface area contributed by atoms with Crippen molar-refractivity contribution in [1.29, 1.82) is 5.26 Å². The third kappa shape index (κ3) is 5.48. The summed E-state index contributed by atoms with van der Waals surface area (Å²) in [5, 5.41) is 33.0. The van der Waals surface area contributed by atoms with E-state index in [4.69, 9.17) is 0 Å². The van der Waals surface area contributed by atoms with E-state index >= 15 is 0 Å². The topological polar surface area (TPSA) is 140 Å². The Balaban J connectivity index is 1.37. The lowest BCUT2D eigenvalue weighted by atomic mass is 10.0. The highest BCUT2D eigenvalue weighted by molar-refractivity contribution is 5.99. The van der Waals surface area contributed by atoms with Gasteiger partial charge < -0.3 is 15.7 Å². The number of fused-ring (bicyclic) bond motifs is 1. The number of amides is 1. The molecule has 0 fully saturated rings. The number of pyridine rings is 2. The SMILES string of the molecule is C[C@H](NC(=O)c1cc(C#N)cnc1N[C@H](CO)c1ccc(-c2cnc3[nH]ncc3c2)cc1)c1ccc(F)c(F)c1. The number of aromatic nitrogens is 4. The number of nitriles is 1. The normalized spacial score (nSPS) is 12.5. The first-order chi connectivity index (χ1) is 19.4. The third-order valence-electron chi connectivity index (χ3n) is 6.48. The van der Waals surface area contributed by atoms with Crippen molar-refractivity contribution in [3.63, 3.8) is 0 Å². The van der Waals surface area contributed by atoms with Crippen molar-refractivity contribution in [1.82, 2.24) is 25.5 Å². The Hall–Kier alpha value is -5.21. The number of hydrogen-bond acceptors (Lipinski definition) is 7. The molecule has 2 atom stereocenters. The lowest BCUT2D eigenvalue weighted by Crippen LogP contribution is -2.28. The van der Waals surface area contributed by atoms with Crippen molar-refractivity contribution in [2.45, 2.75) is 19.0 Å². The van der Waals surface area contributed by atoms with Crippen LogP contribution in [0.3, 0.4) is 0 Å². The molecule has 0 unspecified atom stereocenters. The summed E-state index contributed by atoms with van der Waals surface area (Å²) < 4.78 is 27.0. The molecule has 9 nitrogen and oxygen atoms in total. The zero-order valence-electron chi connectivity index (χ0n) is 21.2. The van der Waals surface area contributed by atoms with Crippen molar-refractivity contribution in [3.8, 4) is 17.2 Å². The highest BCUT2D eigenvalue weighted by atomic mass is 19.2. The molecule has 0 aliphatic heterocycles. The fourth-order valence-electron chi connectivity index (χ4n) is 4.26. The number of benzene rings is 2. The molecule has 0 radical (unpaired) electrons. The molecule has 3 heterocycles. The molecule has 0 saturated heterocycles. The van der Waals surface area contributed by atoms with Gasteiger partial charge in [-0.25, -0.2) is 18.7 Å². The molecule has 3 aromatic heterocycles. The number of carbonyl (C=O) groups excluding carboxylic acids is 1. The quantitative estimate of drug-likeness (QED) is 0.222. The molecule has 0 aliphatic carbocycles. The summed E-state index contributed by atoms with van der Waals surface area (Å²) in [7, 11) is 0. The molecule has 5 aromatic rings. The van der Waals surface area contributed by atoms with Crippen LogP contribution in [0.25, 0.3) is 22.2 Å². The van der Waals surface area contributed by atoms with E-state index in [2.05, 4.69) is 30.8 Å². The number of aliphatic hydroxyl groups excluding tert-OH is 1. The van der Waals surface area contributed by atoms with Crippen LogP contribution < -0.4 is 10.6 Å². The van der Waals surface area contributed by atoms with Gasteiger partial charge in [0.1, 0.15) is 11.9 Å². The van der Waals surface area contributed by atoms with E-state index in [1.54, 1.807) is 19.3 Å². The van der Waals surface area contributed by atoms with Crippen LogP contribution in [0.15, 0.2) is 73.2 Å². The highest BCUT2D eigenvalue weighted by Gasteiger charge is 2.21. The Bertz CT molecular complexity index is 1730. The van der Waals surface area contributed by atoms with E-state index in [1.165, 1.54) is 18.3 Å². The Morgan fingerprint density at radius 2 is 1.77 bits per heavy atom. The summed E-state index contributed by atoms with van der Waals surface area (Å²) in [6, 6.07) is 14.9. The second-order valence-corrected chi connectivity index (χ2v) is 9.13. The van der Waals surface area contributed by atoms with E-state index in [1.807, 2.05) is 36.4 Å². The molecular weight excluding hydrogens is 516 g/mol. The van der Waals surface area contributed by atoms with Crippen molar-refractivity contribution in [3.05, 3.63) is 107 Å². The fraction of sp³-hybridized carbons (Fsp3) is 0.138. The average Bonchev–Trinajstić information content (AvgIpc) is 3.45. The number of carbonyl (C=O) groups is 1. The van der Waals surface area contributed by atoms with Crippen LogP contribution >= 0.6 is 0 Å². The van der Waals surface area contributed by atoms with E-state index in [0.717, 1.165) is 34.2 Å². The lowest BCUT2D eigenvalue weighted by Gasteiger charge is -2.21. The Labute approximate surface area is 227 Å². The minimum absolute atomic E-state index is 0.0584. The minimum Gasteiger partial charge on any atom is -0.394 e. The third-order valence-corrected chi connectivity index (χ3v) is 6.48. The van der Waals surface area contributed by atoms with E-state index in [0.29, 0.717) is 11.2 Å². The van der Waals surface area contributed by atoms with E-state index in [-0.39, 0.29) is 23.6 Å². The summed E-state index contributed by atoms with van der Waals surface area (Å²) >= 11 is 0. The van der Waals surface area contributed by atoms with Crippen LogP contribution in [-0.2, 0) is 0 Å². The number of rotatable bonds is 8. The smallest absolute Gasteiger partial charge is 0.255 e. The molecule has 0 aliphatic rings. The molecule has 2 aromatic carbocycles. The molecule has 4 N–H and O–H groups in total. The Kier molecular flexibility index (Phi) is 7.43. The van der Waals surface area contributed by atoms with Gasteiger partial charge in [0.05, 0.1) is 36.0 Å². The highest BCUT2D eigenvalue weighted by Crippen LogP contribution is 2.27. The van der Waals surface area contributed by atoms with Gasteiger partial charge in [-0.2, -0.15) is 10.4 Å². The van der Waals surface area contributed by atoms with Gasteiger partial charge in [-0.15, -0.1) is 0 Å². The van der Waals surface area contributed by atoms with Crippen LogP contribution in [0.5, 0.6) is 0 Å². The average molecular weight is 540 g/mol. The van der Waals surface area contributed by atoms with Gasteiger partial charge in [0.15, 0.2) is 17.3 Å². The molecule has 0 saturated carbocycles. The van der Waals surface area contributed by atoms with Crippen molar-refractivity contribution in [2.75, 3.05) is 11.9 Å². The maximum atomic E-state index is 13.7. The first kappa shape index (κ1) is 26.4. The van der Waals surface area contributed by atoms with Crippen LogP contribution in [-0.4, -0.2) is 37.8 Å². The number of nitrogens with zero attached hydrogens (tertiary/aromatic N) is 4. The van der Waals surface area contributed by atoms with Crippen molar-refractivity contribution >= 4 is 22.8 Å². The fourth-order valence-corrected chi connectivity index (χ4v) is 4.26. The second-order valence-electron chi connectivity index (χ2n) is 9.13. The first-order valence-electron chi connectivity index (χ1n) is 12.3. The van der Waals surface area contributed by atoms with Gasteiger partial charge in [0, 0.05) is 23.3 Å². The summed E-state index contributed by atoms with van der Waals surface area (Å²) in [5.41, 5.74) is 3.82. The molecule has 11 heteroatoms. The zero-order chi connectivity index (χ0) is 28.2. The van der Waals surface area contributed by atoms with Crippen LogP contribution in [0, 0.1) is 23.0 Å². The van der Waals surface area contributed by atoms with Crippen LogP contribution in [0.1, 0.15) is 46.1 Å². The predicted octanol–water partition coefficient (Wildman–Crippen LogP) is 4.81. The summed E-state index contributed by atoms with van der Waals surface area (Å²) in [6.07, 6.45) is 4.75. The molecule has 1 amide bonds. The lowest BCUT2D eigenvalue weighted by molar-refractivity contribution is 0.0940. The van der Waals surface area contributed by atoms with E-state index in [9.17, 15) is 23.9 Å². The molecule has 0 bridgehead atoms. The monoisotopic (exact) mass is 539 g/mol. The van der Waals surface area contributed by atoms with Crippen molar-refractivity contribution in [2.24, 2.45) is 0 Å². The van der Waals surface area contributed by atoms with Gasteiger partial charge >= 0.3 is 0 Å². The molecule has 40 heavy (non-hydrogen) atoms. The summed E-state index contributed by atoms with van der Waals surface area (Å²) in [6.45, 7) is 1.31. The van der Waals surface area contributed by atoms with Crippen molar-refractivity contribution < 1.29 is 18.7 Å². The predicted molar refractivity (Wildman–Crippen MR) is 144 cm³/mol. The number of aromatic amines is 1. The Morgan fingerprint density at radius 3 is 2.50 bits per heavy atom. The zero-order valence-corrected chi connectivity index (χ0v) is 21.2. The van der Waals surface area contributed by atoms with Gasteiger partial charge in [0.2, 0.25) is 0 Å². The molecular formula is C29H23F2N7O2. The van der Waals surface area contributed by atoms with Gasteiger partial charge in [-0.3, -0.25) is 9.89 Å². The summed E-state index contributed by atoms with van der Waals surface area (Å²) in [4.78, 5) is 21.8. The number of halogens is 2. The number of anilines is 1. The standard InChI is InChI=1S/C29H23F2N7O2/c1-16(20-6-7-24(30)25(31)10-20)36-29(40)23-8-17(11-32)12-33-28(23)37-26(15-39)19-4-2-18(3-5-19)21-9-22-14-35-38-27(22)34-13-21/h2-10,12-14,16,26,39H,15H2,1H3,(H,33,37)(H,36,40)(H,34,35,38)/t16-,26+/m0/s1. The number of aliphatic hydroxyl groups is 1. The Morgan fingerprint density at radius 1 is 1.00 bits per heavy atom. The maximum Gasteiger partial charge on any atom is 0.255 e. The second kappa shape index (κ2) is 11.3.